The summed E-state index contributed by atoms with van der Waals surface area (Å²) in [5, 5.41) is 2.95. The fraction of sp³-hybridized carbons (Fsp3) is 0. The summed E-state index contributed by atoms with van der Waals surface area (Å²) in [6.45, 7) is 0. The summed E-state index contributed by atoms with van der Waals surface area (Å²) in [6.07, 6.45) is 5.88. The van der Waals surface area contributed by atoms with Crippen LogP contribution in [0, 0.1) is 0 Å². The molecule has 0 spiro atoms. The minimum absolute atomic E-state index is 0.509. The number of hydrogen-bond donors (Lipinski definition) is 0. The topological polar surface area (TPSA) is 17.8 Å². The molecular formula is C13H9ClN2. The van der Waals surface area contributed by atoms with E-state index in [1.165, 1.54) is 10.8 Å². The van der Waals surface area contributed by atoms with Gasteiger partial charge in [-0.2, -0.15) is 0 Å². The van der Waals surface area contributed by atoms with E-state index in [1.807, 2.05) is 24.3 Å². The van der Waals surface area contributed by atoms with Gasteiger partial charge in [0.05, 0.1) is 0 Å². The Labute approximate surface area is 98.1 Å². The van der Waals surface area contributed by atoms with Crippen LogP contribution in [0.2, 0.25) is 5.15 Å². The molecule has 0 aliphatic rings. The molecule has 0 aliphatic heterocycles. The lowest BCUT2D eigenvalue weighted by Gasteiger charge is -2.01. The number of rotatable bonds is 1. The first-order valence-electron chi connectivity index (χ1n) is 5.01. The van der Waals surface area contributed by atoms with Gasteiger partial charge in [0.2, 0.25) is 0 Å². The summed E-state index contributed by atoms with van der Waals surface area (Å²) in [4.78, 5) is 3.97. The maximum Gasteiger partial charge on any atom is 0.131 e. The van der Waals surface area contributed by atoms with Gasteiger partial charge in [0.15, 0.2) is 0 Å². The van der Waals surface area contributed by atoms with Gasteiger partial charge in [0, 0.05) is 24.3 Å². The third-order valence-electron chi connectivity index (χ3n) is 2.56. The van der Waals surface area contributed by atoms with Gasteiger partial charge in [0.25, 0.3) is 0 Å². The van der Waals surface area contributed by atoms with Gasteiger partial charge in [-0.05, 0) is 22.9 Å². The third kappa shape index (κ3) is 1.57. The maximum atomic E-state index is 5.87. The average Bonchev–Trinajstić information content (AvgIpc) is 2.72. The largest absolute Gasteiger partial charge is 0.322 e. The number of aromatic nitrogens is 2. The zero-order chi connectivity index (χ0) is 11.0. The van der Waals surface area contributed by atoms with E-state index in [9.17, 15) is 0 Å². The smallest absolute Gasteiger partial charge is 0.131 e. The van der Waals surface area contributed by atoms with Crippen molar-refractivity contribution >= 4 is 22.4 Å². The Kier molecular flexibility index (Phi) is 2.15. The molecule has 0 saturated heterocycles. The summed E-state index contributed by atoms with van der Waals surface area (Å²) < 4.78 is 2.05. The molecule has 2 heterocycles. The Morgan fingerprint density at radius 3 is 2.31 bits per heavy atom. The van der Waals surface area contributed by atoms with Crippen LogP contribution in [0.4, 0.5) is 0 Å². The molecule has 2 aromatic heterocycles. The van der Waals surface area contributed by atoms with Crippen molar-refractivity contribution in [3.05, 3.63) is 60.1 Å². The highest BCUT2D eigenvalue weighted by atomic mass is 35.5. The van der Waals surface area contributed by atoms with Crippen molar-refractivity contribution in [3.8, 4) is 5.69 Å². The van der Waals surface area contributed by atoms with E-state index in [2.05, 4.69) is 34.1 Å². The molecule has 0 amide bonds. The van der Waals surface area contributed by atoms with Crippen LogP contribution in [0.25, 0.3) is 16.5 Å². The second kappa shape index (κ2) is 3.65. The van der Waals surface area contributed by atoms with Crippen LogP contribution < -0.4 is 0 Å². The Balaban J connectivity index is 2.19. The molecule has 3 heteroatoms. The quantitative estimate of drug-likeness (QED) is 0.581. The summed E-state index contributed by atoms with van der Waals surface area (Å²) in [5.74, 6) is 0. The molecule has 0 aliphatic carbocycles. The van der Waals surface area contributed by atoms with Crippen LogP contribution in [0.15, 0.2) is 55.0 Å². The van der Waals surface area contributed by atoms with Crippen molar-refractivity contribution in [2.75, 3.05) is 0 Å². The third-order valence-corrected chi connectivity index (χ3v) is 2.77. The molecule has 0 bridgehead atoms. The zero-order valence-corrected chi connectivity index (χ0v) is 9.22. The van der Waals surface area contributed by atoms with Crippen molar-refractivity contribution in [1.29, 1.82) is 0 Å². The molecule has 0 radical (unpaired) electrons. The van der Waals surface area contributed by atoms with Crippen LogP contribution in [0.3, 0.4) is 0 Å². The molecule has 0 saturated carbocycles. The first-order chi connectivity index (χ1) is 7.83. The van der Waals surface area contributed by atoms with Crippen LogP contribution in [-0.4, -0.2) is 9.55 Å². The van der Waals surface area contributed by atoms with E-state index in [4.69, 9.17) is 11.6 Å². The molecule has 0 N–H and O–H groups in total. The van der Waals surface area contributed by atoms with E-state index in [0.717, 1.165) is 5.69 Å². The monoisotopic (exact) mass is 228 g/mol. The van der Waals surface area contributed by atoms with E-state index in [-0.39, 0.29) is 0 Å². The van der Waals surface area contributed by atoms with Crippen molar-refractivity contribution in [2.45, 2.75) is 0 Å². The van der Waals surface area contributed by atoms with Gasteiger partial charge in [-0.15, -0.1) is 0 Å². The molecule has 1 aromatic carbocycles. The lowest BCUT2D eigenvalue weighted by Crippen LogP contribution is -1.89. The number of hydrogen-bond acceptors (Lipinski definition) is 1. The number of pyridine rings is 1. The predicted octanol–water partition coefficient (Wildman–Crippen LogP) is 3.68. The van der Waals surface area contributed by atoms with Gasteiger partial charge >= 0.3 is 0 Å². The van der Waals surface area contributed by atoms with Crippen LogP contribution in [-0.2, 0) is 0 Å². The standard InChI is InChI=1S/C13H9ClN2/c14-13-7-12(5-6-15-13)16-8-10-3-1-2-4-11(10)9-16/h1-9H. The van der Waals surface area contributed by atoms with Crippen LogP contribution in [0.1, 0.15) is 0 Å². The zero-order valence-electron chi connectivity index (χ0n) is 8.47. The predicted molar refractivity (Wildman–Crippen MR) is 66.1 cm³/mol. The lowest BCUT2D eigenvalue weighted by atomic mass is 10.2. The minimum Gasteiger partial charge on any atom is -0.322 e. The Morgan fingerprint density at radius 2 is 1.69 bits per heavy atom. The van der Waals surface area contributed by atoms with Crippen molar-refractivity contribution in [3.63, 3.8) is 0 Å². The molecule has 3 aromatic rings. The fourth-order valence-corrected chi connectivity index (χ4v) is 1.95. The molecule has 3 rings (SSSR count). The Morgan fingerprint density at radius 1 is 1.00 bits per heavy atom. The second-order valence-corrected chi connectivity index (χ2v) is 4.02. The summed E-state index contributed by atoms with van der Waals surface area (Å²) in [5.41, 5.74) is 1.02. The van der Waals surface area contributed by atoms with Crippen LogP contribution in [0.5, 0.6) is 0 Å². The molecule has 0 atom stereocenters. The Hall–Kier alpha value is -1.80. The summed E-state index contributed by atoms with van der Waals surface area (Å²) in [6, 6.07) is 12.0. The number of halogens is 1. The maximum absolute atomic E-state index is 5.87. The molecule has 16 heavy (non-hydrogen) atoms. The van der Waals surface area contributed by atoms with Gasteiger partial charge in [-0.1, -0.05) is 35.9 Å². The Bertz CT molecular complexity index is 610. The first-order valence-corrected chi connectivity index (χ1v) is 5.39. The minimum atomic E-state index is 0.509. The normalized spacial score (nSPS) is 10.8. The highest BCUT2D eigenvalue weighted by Crippen LogP contribution is 2.19. The van der Waals surface area contributed by atoms with Crippen molar-refractivity contribution in [1.82, 2.24) is 9.55 Å². The number of benzene rings is 1. The molecule has 0 unspecified atom stereocenters. The molecule has 2 nitrogen and oxygen atoms in total. The van der Waals surface area contributed by atoms with E-state index >= 15 is 0 Å². The highest BCUT2D eigenvalue weighted by molar-refractivity contribution is 6.29. The van der Waals surface area contributed by atoms with E-state index in [1.54, 1.807) is 6.20 Å². The fourth-order valence-electron chi connectivity index (χ4n) is 1.78. The SMILES string of the molecule is Clc1cc(-n2cc3ccccc3c2)ccn1. The highest BCUT2D eigenvalue weighted by Gasteiger charge is 2.00. The van der Waals surface area contributed by atoms with Crippen molar-refractivity contribution in [2.24, 2.45) is 0 Å². The average molecular weight is 229 g/mol. The number of fused-ring (bicyclic) bond motifs is 1. The molecule has 78 valence electrons. The first kappa shape index (κ1) is 9.43. The van der Waals surface area contributed by atoms with Crippen LogP contribution >= 0.6 is 11.6 Å². The van der Waals surface area contributed by atoms with Gasteiger partial charge in [-0.3, -0.25) is 0 Å². The summed E-state index contributed by atoms with van der Waals surface area (Å²) >= 11 is 5.87. The van der Waals surface area contributed by atoms with E-state index < -0.39 is 0 Å². The van der Waals surface area contributed by atoms with E-state index in [0.29, 0.717) is 5.15 Å². The second-order valence-electron chi connectivity index (χ2n) is 3.63. The van der Waals surface area contributed by atoms with Gasteiger partial charge < -0.3 is 4.57 Å². The molecule has 0 fully saturated rings. The summed E-state index contributed by atoms with van der Waals surface area (Å²) in [7, 11) is 0. The van der Waals surface area contributed by atoms with Gasteiger partial charge in [-0.25, -0.2) is 4.98 Å². The lowest BCUT2D eigenvalue weighted by molar-refractivity contribution is 1.08. The van der Waals surface area contributed by atoms with Gasteiger partial charge in [0.1, 0.15) is 5.15 Å². The van der Waals surface area contributed by atoms with Crippen molar-refractivity contribution < 1.29 is 0 Å². The number of nitrogens with zero attached hydrogens (tertiary/aromatic N) is 2. The molecular weight excluding hydrogens is 220 g/mol.